The smallest absolute Gasteiger partial charge is 0.243 e. The van der Waals surface area contributed by atoms with E-state index in [-0.39, 0.29) is 33.8 Å². The number of benzene rings is 1. The van der Waals surface area contributed by atoms with Gasteiger partial charge in [0.2, 0.25) is 15.9 Å². The van der Waals surface area contributed by atoms with Crippen molar-refractivity contribution in [3.05, 3.63) is 28.2 Å². The Morgan fingerprint density at radius 3 is 2.36 bits per heavy atom. The Bertz CT molecular complexity index is 588. The Labute approximate surface area is 140 Å². The molecule has 0 saturated heterocycles. The molecule has 1 aromatic carbocycles. The Morgan fingerprint density at radius 1 is 1.14 bits per heavy atom. The summed E-state index contributed by atoms with van der Waals surface area (Å²) >= 11 is 11.7. The molecule has 0 radical (unpaired) electrons. The van der Waals surface area contributed by atoms with Crippen molar-refractivity contribution in [2.45, 2.75) is 24.2 Å². The van der Waals surface area contributed by atoms with Gasteiger partial charge in [0.25, 0.3) is 0 Å². The van der Waals surface area contributed by atoms with E-state index in [9.17, 15) is 13.2 Å². The van der Waals surface area contributed by atoms with Crippen molar-refractivity contribution in [2.24, 2.45) is 5.73 Å². The summed E-state index contributed by atoms with van der Waals surface area (Å²) in [6.07, 6.45) is 1.66. The molecule has 0 aliphatic carbocycles. The summed E-state index contributed by atoms with van der Waals surface area (Å²) in [5.41, 5.74) is 5.34. The number of nitrogens with one attached hydrogen (secondary N) is 2. The van der Waals surface area contributed by atoms with Crippen molar-refractivity contribution in [3.8, 4) is 0 Å². The highest BCUT2D eigenvalue weighted by Gasteiger charge is 2.21. The monoisotopic (exact) mass is 367 g/mol. The molecule has 0 saturated carbocycles. The Kier molecular flexibility index (Phi) is 8.13. The molecule has 0 atom stereocenters. The highest BCUT2D eigenvalue weighted by atomic mass is 35.5. The number of rotatable bonds is 9. The minimum absolute atomic E-state index is 0.0317. The third kappa shape index (κ3) is 6.10. The van der Waals surface area contributed by atoms with E-state index >= 15 is 0 Å². The van der Waals surface area contributed by atoms with Crippen LogP contribution in [0, 0.1) is 0 Å². The van der Waals surface area contributed by atoms with Crippen LogP contribution in [0.1, 0.15) is 19.3 Å². The first-order valence-corrected chi connectivity index (χ1v) is 9.03. The van der Waals surface area contributed by atoms with Crippen LogP contribution >= 0.6 is 23.2 Å². The summed E-state index contributed by atoms with van der Waals surface area (Å²) in [7, 11) is -3.86. The second-order valence-electron chi connectivity index (χ2n) is 4.54. The van der Waals surface area contributed by atoms with E-state index in [0.717, 1.165) is 12.8 Å². The van der Waals surface area contributed by atoms with Gasteiger partial charge in [0.1, 0.15) is 4.90 Å². The summed E-state index contributed by atoms with van der Waals surface area (Å²) in [4.78, 5) is 11.4. The molecule has 4 N–H and O–H groups in total. The molecule has 1 amide bonds. The third-order valence-corrected chi connectivity index (χ3v) is 5.20. The zero-order valence-corrected chi connectivity index (χ0v) is 14.3. The topological polar surface area (TPSA) is 101 Å². The first-order valence-electron chi connectivity index (χ1n) is 6.79. The van der Waals surface area contributed by atoms with Crippen LogP contribution in [0.25, 0.3) is 0 Å². The van der Waals surface area contributed by atoms with Crippen LogP contribution in [0.4, 0.5) is 0 Å². The van der Waals surface area contributed by atoms with E-state index in [1.165, 1.54) is 12.1 Å². The maximum absolute atomic E-state index is 12.1. The molecule has 6 nitrogen and oxygen atoms in total. The lowest BCUT2D eigenvalue weighted by atomic mass is 10.3. The molecule has 0 aromatic heterocycles. The Hall–Kier alpha value is -0.860. The van der Waals surface area contributed by atoms with Gasteiger partial charge >= 0.3 is 0 Å². The molecule has 0 unspecified atom stereocenters. The molecule has 22 heavy (non-hydrogen) atoms. The van der Waals surface area contributed by atoms with Gasteiger partial charge in [-0.2, -0.15) is 0 Å². The number of amides is 1. The lowest BCUT2D eigenvalue weighted by Gasteiger charge is -2.10. The molecule has 1 rings (SSSR count). The van der Waals surface area contributed by atoms with E-state index < -0.39 is 10.0 Å². The van der Waals surface area contributed by atoms with Gasteiger partial charge in [-0.1, -0.05) is 29.3 Å². The molecule has 0 aliphatic rings. The van der Waals surface area contributed by atoms with Crippen molar-refractivity contribution < 1.29 is 13.2 Å². The van der Waals surface area contributed by atoms with Crippen LogP contribution in [0.15, 0.2) is 23.1 Å². The van der Waals surface area contributed by atoms with Gasteiger partial charge in [-0.3, -0.25) is 4.79 Å². The van der Waals surface area contributed by atoms with E-state index in [1.54, 1.807) is 6.07 Å². The van der Waals surface area contributed by atoms with Crippen molar-refractivity contribution >= 4 is 39.1 Å². The molecular weight excluding hydrogens is 349 g/mol. The molecule has 0 spiro atoms. The number of sulfonamides is 1. The summed E-state index contributed by atoms with van der Waals surface area (Å²) in [6, 6.07) is 4.43. The summed E-state index contributed by atoms with van der Waals surface area (Å²) < 4.78 is 26.6. The molecule has 0 fully saturated rings. The quantitative estimate of drug-likeness (QED) is 0.575. The standard InChI is InChI=1S/C13H19Cl2N3O3S/c14-10-4-3-5-11(15)13(10)22(20,21)18-9-6-12(19)17-8-2-1-7-16/h3-5,18H,1-2,6-9,16H2,(H,17,19). The van der Waals surface area contributed by atoms with Gasteiger partial charge in [0.15, 0.2) is 0 Å². The maximum atomic E-state index is 12.1. The number of nitrogens with two attached hydrogens (primary N) is 1. The second-order valence-corrected chi connectivity index (χ2v) is 7.06. The first-order chi connectivity index (χ1) is 10.4. The molecule has 0 bridgehead atoms. The van der Waals surface area contributed by atoms with Crippen LogP contribution in [0.2, 0.25) is 10.0 Å². The number of carbonyl (C=O) groups excluding carboxylic acids is 1. The largest absolute Gasteiger partial charge is 0.356 e. The van der Waals surface area contributed by atoms with Gasteiger partial charge in [0.05, 0.1) is 10.0 Å². The van der Waals surface area contributed by atoms with Gasteiger partial charge in [-0.05, 0) is 31.5 Å². The number of hydrogen-bond acceptors (Lipinski definition) is 4. The van der Waals surface area contributed by atoms with Crippen LogP contribution in [0.5, 0.6) is 0 Å². The first kappa shape index (κ1) is 19.2. The fourth-order valence-electron chi connectivity index (χ4n) is 1.70. The SMILES string of the molecule is NCCCCNC(=O)CCNS(=O)(=O)c1c(Cl)cccc1Cl. The fourth-order valence-corrected chi connectivity index (χ4v) is 3.87. The molecule has 0 heterocycles. The van der Waals surface area contributed by atoms with E-state index in [2.05, 4.69) is 10.0 Å². The molecule has 9 heteroatoms. The van der Waals surface area contributed by atoms with Crippen molar-refractivity contribution in [1.29, 1.82) is 0 Å². The van der Waals surface area contributed by atoms with Gasteiger partial charge in [-0.25, -0.2) is 13.1 Å². The lowest BCUT2D eigenvalue weighted by Crippen LogP contribution is -2.31. The van der Waals surface area contributed by atoms with E-state index in [1.807, 2.05) is 0 Å². The minimum atomic E-state index is -3.86. The predicted octanol–water partition coefficient (Wildman–Crippen LogP) is 1.52. The molecule has 0 aliphatic heterocycles. The number of unbranched alkanes of at least 4 members (excludes halogenated alkanes) is 1. The van der Waals surface area contributed by atoms with Crippen molar-refractivity contribution in [2.75, 3.05) is 19.6 Å². The average molecular weight is 368 g/mol. The zero-order chi connectivity index (χ0) is 16.6. The fraction of sp³-hybridized carbons (Fsp3) is 0.462. The van der Waals surface area contributed by atoms with Gasteiger partial charge in [-0.15, -0.1) is 0 Å². The van der Waals surface area contributed by atoms with E-state index in [4.69, 9.17) is 28.9 Å². The van der Waals surface area contributed by atoms with Crippen LogP contribution < -0.4 is 15.8 Å². The Morgan fingerprint density at radius 2 is 1.77 bits per heavy atom. The number of carbonyl (C=O) groups is 1. The highest BCUT2D eigenvalue weighted by molar-refractivity contribution is 7.89. The summed E-state index contributed by atoms with van der Waals surface area (Å²) in [6.45, 7) is 1.07. The molecule has 1 aromatic rings. The second kappa shape index (κ2) is 9.32. The van der Waals surface area contributed by atoms with Crippen LogP contribution in [-0.4, -0.2) is 34.0 Å². The lowest BCUT2D eigenvalue weighted by molar-refractivity contribution is -0.120. The minimum Gasteiger partial charge on any atom is -0.356 e. The summed E-state index contributed by atoms with van der Waals surface area (Å²) in [5, 5.41) is 2.75. The van der Waals surface area contributed by atoms with Crippen molar-refractivity contribution in [3.63, 3.8) is 0 Å². The highest BCUT2D eigenvalue weighted by Crippen LogP contribution is 2.28. The average Bonchev–Trinajstić information content (AvgIpc) is 2.43. The predicted molar refractivity (Wildman–Crippen MR) is 87.6 cm³/mol. The third-order valence-electron chi connectivity index (χ3n) is 2.78. The maximum Gasteiger partial charge on any atom is 0.243 e. The molecule has 124 valence electrons. The number of hydrogen-bond donors (Lipinski definition) is 3. The van der Waals surface area contributed by atoms with Crippen LogP contribution in [0.3, 0.4) is 0 Å². The summed E-state index contributed by atoms with van der Waals surface area (Å²) in [5.74, 6) is -0.232. The normalized spacial score (nSPS) is 11.4. The van der Waals surface area contributed by atoms with Gasteiger partial charge < -0.3 is 11.1 Å². The molecular formula is C13H19Cl2N3O3S. The zero-order valence-electron chi connectivity index (χ0n) is 11.9. The number of halogens is 2. The van der Waals surface area contributed by atoms with Crippen LogP contribution in [-0.2, 0) is 14.8 Å². The van der Waals surface area contributed by atoms with Gasteiger partial charge in [0, 0.05) is 19.5 Å². The van der Waals surface area contributed by atoms with Crippen molar-refractivity contribution in [1.82, 2.24) is 10.0 Å². The van der Waals surface area contributed by atoms with E-state index in [0.29, 0.717) is 13.1 Å². The Balaban J connectivity index is 2.48.